The summed E-state index contributed by atoms with van der Waals surface area (Å²) in [5.41, 5.74) is 1.01. The van der Waals surface area contributed by atoms with E-state index in [0.29, 0.717) is 18.5 Å². The molecule has 1 aromatic carbocycles. The van der Waals surface area contributed by atoms with Crippen LogP contribution in [0.5, 0.6) is 5.75 Å². The first-order valence-corrected chi connectivity index (χ1v) is 8.22. The zero-order valence-corrected chi connectivity index (χ0v) is 12.9. The molecule has 0 bridgehead atoms. The summed E-state index contributed by atoms with van der Waals surface area (Å²) in [4.78, 5) is 15.0. The van der Waals surface area contributed by atoms with Gasteiger partial charge in [-0.1, -0.05) is 37.5 Å². The summed E-state index contributed by atoms with van der Waals surface area (Å²) in [7, 11) is 1.67. The Kier molecular flexibility index (Phi) is 4.47. The standard InChI is InChI=1S/C18H25NO2/c1-21-17-10-6-5-7-14(17)13-18(20)19(16-11-12-16)15-8-3-2-4-9-15/h5-7,10,15-16H,2-4,8-9,11-13H2,1H3. The van der Waals surface area contributed by atoms with Crippen molar-refractivity contribution < 1.29 is 9.53 Å². The zero-order valence-electron chi connectivity index (χ0n) is 12.9. The number of carbonyl (C=O) groups excluding carboxylic acids is 1. The quantitative estimate of drug-likeness (QED) is 0.828. The molecule has 0 N–H and O–H groups in total. The first-order valence-electron chi connectivity index (χ1n) is 8.22. The van der Waals surface area contributed by atoms with Crippen molar-refractivity contribution >= 4 is 5.91 Å². The van der Waals surface area contributed by atoms with Gasteiger partial charge in [-0.3, -0.25) is 4.79 Å². The minimum absolute atomic E-state index is 0.286. The Hall–Kier alpha value is -1.51. The third-order valence-electron chi connectivity index (χ3n) is 4.73. The van der Waals surface area contributed by atoms with Crippen molar-refractivity contribution in [1.29, 1.82) is 0 Å². The van der Waals surface area contributed by atoms with Crippen LogP contribution < -0.4 is 4.74 Å². The van der Waals surface area contributed by atoms with Gasteiger partial charge in [0, 0.05) is 17.6 Å². The molecule has 0 unspecified atom stereocenters. The number of hydrogen-bond donors (Lipinski definition) is 0. The third-order valence-corrected chi connectivity index (χ3v) is 4.73. The Labute approximate surface area is 127 Å². The molecule has 3 nitrogen and oxygen atoms in total. The molecule has 3 rings (SSSR count). The van der Waals surface area contributed by atoms with Gasteiger partial charge in [-0.2, -0.15) is 0 Å². The second-order valence-electron chi connectivity index (χ2n) is 6.31. The average molecular weight is 287 g/mol. The van der Waals surface area contributed by atoms with Gasteiger partial charge in [0.15, 0.2) is 0 Å². The lowest BCUT2D eigenvalue weighted by Crippen LogP contribution is -2.43. The largest absolute Gasteiger partial charge is 0.496 e. The molecule has 114 valence electrons. The molecule has 21 heavy (non-hydrogen) atoms. The van der Waals surface area contributed by atoms with Gasteiger partial charge in [0.05, 0.1) is 13.5 Å². The van der Waals surface area contributed by atoms with E-state index in [2.05, 4.69) is 4.90 Å². The van der Waals surface area contributed by atoms with Gasteiger partial charge < -0.3 is 9.64 Å². The maximum absolute atomic E-state index is 12.8. The van der Waals surface area contributed by atoms with E-state index in [0.717, 1.165) is 11.3 Å². The summed E-state index contributed by atoms with van der Waals surface area (Å²) in [6.07, 6.45) is 9.10. The minimum Gasteiger partial charge on any atom is -0.496 e. The molecule has 0 spiro atoms. The number of ether oxygens (including phenoxy) is 1. The second-order valence-corrected chi connectivity index (χ2v) is 6.31. The van der Waals surface area contributed by atoms with Crippen LogP contribution in [0, 0.1) is 0 Å². The van der Waals surface area contributed by atoms with Crippen molar-refractivity contribution in [2.24, 2.45) is 0 Å². The molecule has 2 aliphatic carbocycles. The smallest absolute Gasteiger partial charge is 0.227 e. The first kappa shape index (κ1) is 14.4. The maximum atomic E-state index is 12.8. The Bertz CT molecular complexity index is 490. The van der Waals surface area contributed by atoms with Crippen molar-refractivity contribution in [2.45, 2.75) is 63.5 Å². The Morgan fingerprint density at radius 1 is 1.10 bits per heavy atom. The van der Waals surface area contributed by atoms with Gasteiger partial charge >= 0.3 is 0 Å². The number of amides is 1. The van der Waals surface area contributed by atoms with Crippen LogP contribution in [0.3, 0.4) is 0 Å². The summed E-state index contributed by atoms with van der Waals surface area (Å²) < 4.78 is 5.38. The van der Waals surface area contributed by atoms with Crippen LogP contribution in [0.1, 0.15) is 50.5 Å². The van der Waals surface area contributed by atoms with E-state index in [1.165, 1.54) is 44.9 Å². The predicted octanol–water partition coefficient (Wildman–Crippen LogP) is 3.56. The summed E-state index contributed by atoms with van der Waals surface area (Å²) in [6.45, 7) is 0. The minimum atomic E-state index is 0.286. The molecular formula is C18H25NO2. The maximum Gasteiger partial charge on any atom is 0.227 e. The average Bonchev–Trinajstić information content (AvgIpc) is 3.34. The summed E-state index contributed by atoms with van der Waals surface area (Å²) in [5, 5.41) is 0. The Balaban J connectivity index is 1.72. The topological polar surface area (TPSA) is 29.5 Å². The van der Waals surface area contributed by atoms with Crippen molar-refractivity contribution in [3.8, 4) is 5.75 Å². The number of rotatable bonds is 5. The van der Waals surface area contributed by atoms with Crippen molar-refractivity contribution in [2.75, 3.05) is 7.11 Å². The van der Waals surface area contributed by atoms with E-state index in [1.54, 1.807) is 7.11 Å². The van der Waals surface area contributed by atoms with Gasteiger partial charge in [-0.15, -0.1) is 0 Å². The highest BCUT2D eigenvalue weighted by atomic mass is 16.5. The molecule has 0 heterocycles. The van der Waals surface area contributed by atoms with Crippen LogP contribution in [0.4, 0.5) is 0 Å². The number of hydrogen-bond acceptors (Lipinski definition) is 2. The van der Waals surface area contributed by atoms with Crippen molar-refractivity contribution in [3.05, 3.63) is 29.8 Å². The SMILES string of the molecule is COc1ccccc1CC(=O)N(C1CCCCC1)C1CC1. The summed E-state index contributed by atoms with van der Waals surface area (Å²) in [6, 6.07) is 8.86. The first-order chi connectivity index (χ1) is 10.3. The highest BCUT2D eigenvalue weighted by Crippen LogP contribution is 2.34. The lowest BCUT2D eigenvalue weighted by atomic mass is 9.93. The molecule has 2 saturated carbocycles. The highest BCUT2D eigenvalue weighted by molar-refractivity contribution is 5.80. The highest BCUT2D eigenvalue weighted by Gasteiger charge is 2.37. The van der Waals surface area contributed by atoms with Crippen LogP contribution in [-0.2, 0) is 11.2 Å². The fourth-order valence-electron chi connectivity index (χ4n) is 3.52. The van der Waals surface area contributed by atoms with Gasteiger partial charge in [0.25, 0.3) is 0 Å². The molecule has 2 fully saturated rings. The number of carbonyl (C=O) groups is 1. The van der Waals surface area contributed by atoms with Gasteiger partial charge in [-0.25, -0.2) is 0 Å². The zero-order chi connectivity index (χ0) is 14.7. The summed E-state index contributed by atoms with van der Waals surface area (Å²) >= 11 is 0. The van der Waals surface area contributed by atoms with Crippen molar-refractivity contribution in [3.63, 3.8) is 0 Å². The van der Waals surface area contributed by atoms with Crippen LogP contribution in [0.15, 0.2) is 24.3 Å². The van der Waals surface area contributed by atoms with E-state index in [4.69, 9.17) is 4.74 Å². The van der Waals surface area contributed by atoms with Gasteiger partial charge in [0.2, 0.25) is 5.91 Å². The normalized spacial score (nSPS) is 19.3. The van der Waals surface area contributed by atoms with E-state index < -0.39 is 0 Å². The van der Waals surface area contributed by atoms with E-state index in [9.17, 15) is 4.79 Å². The molecule has 2 aliphatic rings. The fraction of sp³-hybridized carbons (Fsp3) is 0.611. The Morgan fingerprint density at radius 3 is 2.43 bits per heavy atom. The van der Waals surface area contributed by atoms with Crippen LogP contribution in [-0.4, -0.2) is 30.0 Å². The molecule has 0 aromatic heterocycles. The van der Waals surface area contributed by atoms with Crippen LogP contribution in [0.2, 0.25) is 0 Å². The number of benzene rings is 1. The number of para-hydroxylation sites is 1. The van der Waals surface area contributed by atoms with E-state index in [1.807, 2.05) is 24.3 Å². The third kappa shape index (κ3) is 3.39. The molecule has 0 aliphatic heterocycles. The lowest BCUT2D eigenvalue weighted by Gasteiger charge is -2.35. The Morgan fingerprint density at radius 2 is 1.76 bits per heavy atom. The van der Waals surface area contributed by atoms with Gasteiger partial charge in [-0.05, 0) is 31.7 Å². The molecule has 1 aromatic rings. The summed E-state index contributed by atoms with van der Waals surface area (Å²) in [5.74, 6) is 1.11. The van der Waals surface area contributed by atoms with Crippen LogP contribution in [0.25, 0.3) is 0 Å². The fourth-order valence-corrected chi connectivity index (χ4v) is 3.52. The molecule has 0 radical (unpaired) electrons. The molecule has 0 atom stereocenters. The van der Waals surface area contributed by atoms with Gasteiger partial charge in [0.1, 0.15) is 5.75 Å². The predicted molar refractivity (Wildman–Crippen MR) is 83.4 cm³/mol. The number of nitrogens with zero attached hydrogens (tertiary/aromatic N) is 1. The van der Waals surface area contributed by atoms with E-state index >= 15 is 0 Å². The lowest BCUT2D eigenvalue weighted by molar-refractivity contribution is -0.134. The molecular weight excluding hydrogens is 262 g/mol. The van der Waals surface area contributed by atoms with Crippen LogP contribution >= 0.6 is 0 Å². The molecule has 1 amide bonds. The molecule has 0 saturated heterocycles. The monoisotopic (exact) mass is 287 g/mol. The number of methoxy groups -OCH3 is 1. The van der Waals surface area contributed by atoms with E-state index in [-0.39, 0.29) is 5.91 Å². The second kappa shape index (κ2) is 6.50. The van der Waals surface area contributed by atoms with Crippen molar-refractivity contribution in [1.82, 2.24) is 4.90 Å². The molecule has 3 heteroatoms.